The van der Waals surface area contributed by atoms with Crippen molar-refractivity contribution in [3.05, 3.63) is 83.9 Å². The Labute approximate surface area is 196 Å². The molecule has 3 heterocycles. The summed E-state index contributed by atoms with van der Waals surface area (Å²) in [5.41, 5.74) is 2.87. The van der Waals surface area contributed by atoms with Gasteiger partial charge in [-0.05, 0) is 17.5 Å². The summed E-state index contributed by atoms with van der Waals surface area (Å²) in [6.07, 6.45) is -0.00302. The van der Waals surface area contributed by atoms with Crippen molar-refractivity contribution in [2.24, 2.45) is 0 Å². The predicted octanol–water partition coefficient (Wildman–Crippen LogP) is 2.60. The van der Waals surface area contributed by atoms with Crippen LogP contribution in [0.5, 0.6) is 0 Å². The van der Waals surface area contributed by atoms with Gasteiger partial charge in [0.15, 0.2) is 17.0 Å². The number of anilines is 1. The quantitative estimate of drug-likeness (QED) is 0.369. The average molecular weight is 464 g/mol. The third kappa shape index (κ3) is 4.25. The highest BCUT2D eigenvalue weighted by atomic mass is 19.1. The number of nitrogens with one attached hydrogen (secondary N) is 1. The summed E-state index contributed by atoms with van der Waals surface area (Å²) in [6, 6.07) is 19.9. The van der Waals surface area contributed by atoms with Gasteiger partial charge in [0.05, 0.1) is 12.9 Å². The van der Waals surface area contributed by atoms with Crippen LogP contribution in [0.1, 0.15) is 17.0 Å². The largest absolute Gasteiger partial charge is 0.394 e. The van der Waals surface area contributed by atoms with Gasteiger partial charge in [-0.15, -0.1) is 0 Å². The number of hydrogen-bond acceptors (Lipinski definition) is 7. The molecule has 3 atom stereocenters. The minimum absolute atomic E-state index is 0.261. The number of rotatable bonds is 8. The molecule has 34 heavy (non-hydrogen) atoms. The minimum atomic E-state index is -2.30. The molecule has 4 aromatic rings. The number of aliphatic hydroxyl groups is 2. The zero-order valence-electron chi connectivity index (χ0n) is 18.5. The van der Waals surface area contributed by atoms with Crippen LogP contribution < -0.4 is 5.32 Å². The van der Waals surface area contributed by atoms with Gasteiger partial charge in [-0.1, -0.05) is 60.7 Å². The van der Waals surface area contributed by atoms with E-state index in [9.17, 15) is 10.2 Å². The van der Waals surface area contributed by atoms with E-state index in [1.54, 1.807) is 0 Å². The molecule has 3 N–H and O–H groups in total. The Kier molecular flexibility index (Phi) is 6.23. The van der Waals surface area contributed by atoms with Crippen LogP contribution in [-0.4, -0.2) is 55.2 Å². The van der Waals surface area contributed by atoms with E-state index < -0.39 is 31.2 Å². The molecule has 0 radical (unpaired) electrons. The normalized spacial score (nSPS) is 22.3. The zero-order valence-corrected chi connectivity index (χ0v) is 18.5. The molecule has 5 rings (SSSR count). The second kappa shape index (κ2) is 9.46. The van der Waals surface area contributed by atoms with Gasteiger partial charge in [-0.25, -0.2) is 19.3 Å². The van der Waals surface area contributed by atoms with Crippen LogP contribution in [0.25, 0.3) is 11.2 Å². The lowest BCUT2D eigenvalue weighted by atomic mass is 10.1. The van der Waals surface area contributed by atoms with E-state index in [2.05, 4.69) is 20.3 Å². The molecule has 0 bridgehead atoms. The lowest BCUT2D eigenvalue weighted by Gasteiger charge is -2.25. The lowest BCUT2D eigenvalue weighted by Crippen LogP contribution is -2.43. The number of imidazole rings is 1. The molecule has 1 fully saturated rings. The topological polar surface area (TPSA) is 105 Å². The highest BCUT2D eigenvalue weighted by Gasteiger charge is 2.52. The van der Waals surface area contributed by atoms with Gasteiger partial charge in [0.1, 0.15) is 24.6 Å². The van der Waals surface area contributed by atoms with Gasteiger partial charge in [0.25, 0.3) is 0 Å². The minimum Gasteiger partial charge on any atom is -0.394 e. The van der Waals surface area contributed by atoms with Crippen LogP contribution in [0.3, 0.4) is 0 Å². The van der Waals surface area contributed by atoms with Crippen LogP contribution in [0.15, 0.2) is 67.0 Å². The fraction of sp³-hybridized carbons (Fsp3) is 0.320. The predicted molar refractivity (Wildman–Crippen MR) is 125 cm³/mol. The van der Waals surface area contributed by atoms with E-state index in [0.29, 0.717) is 30.1 Å². The summed E-state index contributed by atoms with van der Waals surface area (Å²) < 4.78 is 22.4. The third-order valence-electron chi connectivity index (χ3n) is 6.11. The van der Waals surface area contributed by atoms with E-state index in [1.165, 1.54) is 10.9 Å². The fourth-order valence-corrected chi connectivity index (χ4v) is 4.18. The van der Waals surface area contributed by atoms with Crippen molar-refractivity contribution in [1.29, 1.82) is 0 Å². The van der Waals surface area contributed by atoms with E-state index in [4.69, 9.17) is 4.74 Å². The first kappa shape index (κ1) is 22.4. The van der Waals surface area contributed by atoms with E-state index >= 15 is 4.39 Å². The molecule has 8 nitrogen and oxygen atoms in total. The van der Waals surface area contributed by atoms with Gasteiger partial charge in [0.2, 0.25) is 5.79 Å². The van der Waals surface area contributed by atoms with Crippen molar-refractivity contribution < 1.29 is 19.3 Å². The third-order valence-corrected chi connectivity index (χ3v) is 6.11. The summed E-state index contributed by atoms with van der Waals surface area (Å²) in [5.74, 6) is -1.28. The summed E-state index contributed by atoms with van der Waals surface area (Å²) in [7, 11) is 0. The molecule has 1 saturated heterocycles. The SMILES string of the molecule is OC[C@H]1OC[C@@](F)(n2cnc3c(NCc4ccccc4)nc(CCc4ccccc4)nc32)[C@@H]1O. The van der Waals surface area contributed by atoms with Crippen LogP contribution in [0.4, 0.5) is 10.2 Å². The van der Waals surface area contributed by atoms with Crippen LogP contribution in [0, 0.1) is 0 Å². The number of aromatic nitrogens is 4. The highest BCUT2D eigenvalue weighted by molar-refractivity contribution is 5.83. The molecule has 1 aliphatic rings. The van der Waals surface area contributed by atoms with E-state index in [0.717, 1.165) is 17.5 Å². The number of aryl methyl sites for hydroxylation is 2. The molecule has 0 aliphatic carbocycles. The summed E-state index contributed by atoms with van der Waals surface area (Å²) in [6.45, 7) is -0.390. The first-order valence-electron chi connectivity index (χ1n) is 11.2. The number of hydrogen-bond donors (Lipinski definition) is 3. The standard InChI is InChI=1S/C25H26FN5O3/c26-25(15-34-19(14-32)22(25)33)31-16-28-21-23(27-13-18-9-5-2-6-10-18)29-20(30-24(21)31)12-11-17-7-3-1-4-8-17/h1-10,16,19,22,32-33H,11-15H2,(H,27,29,30)/t19-,22-,25-/m1/s1. The number of nitrogens with zero attached hydrogens (tertiary/aromatic N) is 4. The Bertz CT molecular complexity index is 1250. The molecule has 1 aliphatic heterocycles. The van der Waals surface area contributed by atoms with Crippen LogP contribution >= 0.6 is 0 Å². The Morgan fingerprint density at radius 1 is 1.03 bits per heavy atom. The van der Waals surface area contributed by atoms with Gasteiger partial charge < -0.3 is 20.3 Å². The zero-order chi connectivity index (χ0) is 23.5. The van der Waals surface area contributed by atoms with Crippen molar-refractivity contribution in [1.82, 2.24) is 19.5 Å². The molecular formula is C25H26FN5O3. The molecule has 0 spiro atoms. The maximum absolute atomic E-state index is 16.0. The number of aliphatic hydroxyl groups excluding tert-OH is 2. The smallest absolute Gasteiger partial charge is 0.240 e. The second-order valence-corrected chi connectivity index (χ2v) is 8.40. The van der Waals surface area contributed by atoms with Gasteiger partial charge in [-0.2, -0.15) is 0 Å². The van der Waals surface area contributed by atoms with Gasteiger partial charge in [-0.3, -0.25) is 4.57 Å². The first-order valence-corrected chi connectivity index (χ1v) is 11.2. The molecule has 9 heteroatoms. The Hall–Kier alpha value is -3.40. The van der Waals surface area contributed by atoms with Crippen molar-refractivity contribution >= 4 is 17.0 Å². The monoisotopic (exact) mass is 463 g/mol. The second-order valence-electron chi connectivity index (χ2n) is 8.40. The van der Waals surface area contributed by atoms with Crippen molar-refractivity contribution in [3.8, 4) is 0 Å². The molecule has 176 valence electrons. The molecule has 0 saturated carbocycles. The van der Waals surface area contributed by atoms with Crippen LogP contribution in [-0.2, 0) is 29.9 Å². The molecule has 0 unspecified atom stereocenters. The lowest BCUT2D eigenvalue weighted by molar-refractivity contribution is -0.0462. The van der Waals surface area contributed by atoms with Crippen LogP contribution in [0.2, 0.25) is 0 Å². The number of ether oxygens (including phenoxy) is 1. The number of fused-ring (bicyclic) bond motifs is 1. The Morgan fingerprint density at radius 3 is 2.41 bits per heavy atom. The fourth-order valence-electron chi connectivity index (χ4n) is 4.18. The molecule has 0 amide bonds. The molecular weight excluding hydrogens is 437 g/mol. The number of alkyl halides is 1. The number of halogens is 1. The van der Waals surface area contributed by atoms with Crippen molar-refractivity contribution in [2.75, 3.05) is 18.5 Å². The Balaban J connectivity index is 1.51. The average Bonchev–Trinajstić information content (AvgIpc) is 3.44. The molecule has 2 aromatic carbocycles. The van der Waals surface area contributed by atoms with E-state index in [1.807, 2.05) is 60.7 Å². The van der Waals surface area contributed by atoms with E-state index in [-0.39, 0.29) is 5.65 Å². The van der Waals surface area contributed by atoms with Gasteiger partial charge >= 0.3 is 0 Å². The Morgan fingerprint density at radius 2 is 1.74 bits per heavy atom. The summed E-state index contributed by atoms with van der Waals surface area (Å²) in [4.78, 5) is 13.7. The molecule has 2 aromatic heterocycles. The number of benzene rings is 2. The maximum atomic E-state index is 16.0. The first-order chi connectivity index (χ1) is 16.6. The summed E-state index contributed by atoms with van der Waals surface area (Å²) in [5, 5.41) is 23.2. The maximum Gasteiger partial charge on any atom is 0.240 e. The van der Waals surface area contributed by atoms with Crippen molar-refractivity contribution in [3.63, 3.8) is 0 Å². The van der Waals surface area contributed by atoms with Gasteiger partial charge in [0, 0.05) is 13.0 Å². The highest BCUT2D eigenvalue weighted by Crippen LogP contribution is 2.36. The van der Waals surface area contributed by atoms with Crippen molar-refractivity contribution in [2.45, 2.75) is 37.4 Å². The summed E-state index contributed by atoms with van der Waals surface area (Å²) >= 11 is 0.